The van der Waals surface area contributed by atoms with Gasteiger partial charge in [-0.2, -0.15) is 0 Å². The summed E-state index contributed by atoms with van der Waals surface area (Å²) in [5.74, 6) is 0. The van der Waals surface area contributed by atoms with Gasteiger partial charge in [0, 0.05) is 37.8 Å². The fourth-order valence-electron chi connectivity index (χ4n) is 6.26. The van der Waals surface area contributed by atoms with E-state index in [0.29, 0.717) is 5.42 Å². The van der Waals surface area contributed by atoms with Gasteiger partial charge in [0.15, 0.2) is 5.58 Å². The highest BCUT2D eigenvalue weighted by atomic mass is 16.3. The standard InChI is InChI=1S/C35H24N2O/c1-3-24-22(2)38-35-29(24)16-11-19-32(35)37-31-18-10-8-15-26(31)28-21-20-27-25-14-7-9-17-30(25)36(33(27)34(28)37)23-12-5-4-6-13-23/h3-21H,2H2,1H3. The van der Waals surface area contributed by atoms with Gasteiger partial charge in [-0.3, -0.25) is 0 Å². The van der Waals surface area contributed by atoms with Gasteiger partial charge >= 0.3 is 0 Å². The highest BCUT2D eigenvalue weighted by Crippen LogP contribution is 2.42. The maximum absolute atomic E-state index is 6.36. The highest BCUT2D eigenvalue weighted by Gasteiger charge is 2.22. The first-order valence-corrected chi connectivity index (χ1v) is 12.9. The van der Waals surface area contributed by atoms with Crippen LogP contribution in [-0.4, -0.2) is 9.13 Å². The van der Waals surface area contributed by atoms with Crippen molar-refractivity contribution in [2.75, 3.05) is 0 Å². The first kappa shape index (κ1) is 21.1. The molecule has 3 aromatic heterocycles. The minimum Gasteiger partial charge on any atom is -0.454 e. The lowest BCUT2D eigenvalue weighted by Crippen LogP contribution is -2.16. The molecule has 0 atom stereocenters. The largest absolute Gasteiger partial charge is 0.454 e. The molecule has 3 heteroatoms. The van der Waals surface area contributed by atoms with Crippen molar-refractivity contribution >= 4 is 67.2 Å². The fraction of sp³-hybridized carbons (Fsp3) is 0.0286. The highest BCUT2D eigenvalue weighted by molar-refractivity contribution is 6.24. The Hall–Kier alpha value is -5.02. The summed E-state index contributed by atoms with van der Waals surface area (Å²) in [6, 6.07) is 38.9. The molecule has 3 heterocycles. The molecule has 0 aliphatic heterocycles. The average molecular weight is 489 g/mol. The Kier molecular flexibility index (Phi) is 4.30. The zero-order chi connectivity index (χ0) is 25.4. The van der Waals surface area contributed by atoms with E-state index in [0.717, 1.165) is 33.1 Å². The number of nitrogens with zero attached hydrogens (tertiary/aromatic N) is 2. The van der Waals surface area contributed by atoms with Crippen LogP contribution in [0.3, 0.4) is 0 Å². The second-order valence-electron chi connectivity index (χ2n) is 9.78. The second-order valence-corrected chi connectivity index (χ2v) is 9.78. The first-order valence-electron chi connectivity index (χ1n) is 12.9. The van der Waals surface area contributed by atoms with E-state index in [1.165, 1.54) is 38.1 Å². The molecule has 0 saturated carbocycles. The number of aromatic nitrogens is 2. The van der Waals surface area contributed by atoms with Crippen LogP contribution in [0.4, 0.5) is 0 Å². The van der Waals surface area contributed by atoms with E-state index in [4.69, 9.17) is 4.42 Å². The van der Waals surface area contributed by atoms with Crippen molar-refractivity contribution in [1.29, 1.82) is 0 Å². The number of fused-ring (bicyclic) bond motifs is 8. The molecule has 8 rings (SSSR count). The molecule has 8 aromatic rings. The van der Waals surface area contributed by atoms with Gasteiger partial charge < -0.3 is 13.6 Å². The normalized spacial score (nSPS) is 12.6. The van der Waals surface area contributed by atoms with Gasteiger partial charge in [-0.1, -0.05) is 91.5 Å². The summed E-state index contributed by atoms with van der Waals surface area (Å²) in [6.07, 6.45) is 2.08. The van der Waals surface area contributed by atoms with Gasteiger partial charge in [0.25, 0.3) is 0 Å². The Balaban J connectivity index is 1.68. The Morgan fingerprint density at radius 3 is 1.84 bits per heavy atom. The molecule has 38 heavy (non-hydrogen) atoms. The molecule has 180 valence electrons. The Morgan fingerprint density at radius 2 is 1.16 bits per heavy atom. The van der Waals surface area contributed by atoms with Crippen LogP contribution in [0.5, 0.6) is 0 Å². The third-order valence-corrected chi connectivity index (χ3v) is 7.82. The van der Waals surface area contributed by atoms with Crippen molar-refractivity contribution in [2.24, 2.45) is 0 Å². The number of hydrogen-bond donors (Lipinski definition) is 0. The SMILES string of the molecule is C=c1oc2c(-n3c4ccccc4c4ccc5c6ccccc6n(-c6ccccc6)c5c43)cccc2c1=CC. The van der Waals surface area contributed by atoms with Crippen molar-refractivity contribution in [3.05, 3.63) is 120 Å². The molecule has 0 aliphatic rings. The number of benzene rings is 5. The molecule has 0 aliphatic carbocycles. The van der Waals surface area contributed by atoms with Gasteiger partial charge in [-0.05, 0) is 37.3 Å². The summed E-state index contributed by atoms with van der Waals surface area (Å²) in [4.78, 5) is 0. The lowest BCUT2D eigenvalue weighted by molar-refractivity contribution is 0.576. The molecular weight excluding hydrogens is 464 g/mol. The summed E-state index contributed by atoms with van der Waals surface area (Å²) in [6.45, 7) is 6.23. The lowest BCUT2D eigenvalue weighted by atomic mass is 10.1. The summed E-state index contributed by atoms with van der Waals surface area (Å²) in [7, 11) is 0. The van der Waals surface area contributed by atoms with Crippen molar-refractivity contribution in [2.45, 2.75) is 6.92 Å². The summed E-state index contributed by atoms with van der Waals surface area (Å²) < 4.78 is 11.1. The smallest absolute Gasteiger partial charge is 0.159 e. The molecule has 3 nitrogen and oxygen atoms in total. The predicted octanol–water partition coefficient (Wildman–Crippen LogP) is 7.84. The van der Waals surface area contributed by atoms with Gasteiger partial charge in [0.2, 0.25) is 0 Å². The maximum atomic E-state index is 6.36. The second kappa shape index (κ2) is 7.74. The third-order valence-electron chi connectivity index (χ3n) is 7.82. The monoisotopic (exact) mass is 488 g/mol. The van der Waals surface area contributed by atoms with E-state index in [9.17, 15) is 0 Å². The molecular formula is C35H24N2O. The van der Waals surface area contributed by atoms with Crippen molar-refractivity contribution in [3.63, 3.8) is 0 Å². The van der Waals surface area contributed by atoms with Crippen molar-refractivity contribution < 1.29 is 4.42 Å². The molecule has 0 fully saturated rings. The Bertz CT molecular complexity index is 2310. The molecule has 5 aromatic carbocycles. The van der Waals surface area contributed by atoms with E-state index in [1.54, 1.807) is 0 Å². The minimum absolute atomic E-state index is 0.694. The van der Waals surface area contributed by atoms with Gasteiger partial charge in [-0.25, -0.2) is 0 Å². The van der Waals surface area contributed by atoms with Crippen LogP contribution in [0.15, 0.2) is 114 Å². The van der Waals surface area contributed by atoms with Crippen LogP contribution < -0.4 is 10.6 Å². The van der Waals surface area contributed by atoms with Gasteiger partial charge in [-0.15, -0.1) is 0 Å². The van der Waals surface area contributed by atoms with Crippen LogP contribution in [0.1, 0.15) is 6.92 Å². The predicted molar refractivity (Wildman–Crippen MR) is 160 cm³/mol. The molecule has 0 amide bonds. The van der Waals surface area contributed by atoms with Crippen LogP contribution in [-0.2, 0) is 0 Å². The summed E-state index contributed by atoms with van der Waals surface area (Å²) in [5.41, 5.74) is 8.40. The van der Waals surface area contributed by atoms with Crippen LogP contribution in [0.2, 0.25) is 0 Å². The topological polar surface area (TPSA) is 23.0 Å². The number of hydrogen-bond acceptors (Lipinski definition) is 1. The lowest BCUT2D eigenvalue weighted by Gasteiger charge is -2.12. The first-order chi connectivity index (χ1) is 18.8. The molecule has 0 bridgehead atoms. The summed E-state index contributed by atoms with van der Waals surface area (Å²) >= 11 is 0. The number of furan rings is 1. The molecule has 0 N–H and O–H groups in total. The number of rotatable bonds is 2. The van der Waals surface area contributed by atoms with Gasteiger partial charge in [0.05, 0.1) is 27.8 Å². The minimum atomic E-state index is 0.694. The number of para-hydroxylation sites is 4. The molecule has 0 unspecified atom stereocenters. The molecule has 0 spiro atoms. The maximum Gasteiger partial charge on any atom is 0.159 e. The van der Waals surface area contributed by atoms with Crippen LogP contribution in [0.25, 0.3) is 78.6 Å². The quantitative estimate of drug-likeness (QED) is 0.243. The van der Waals surface area contributed by atoms with Crippen molar-refractivity contribution in [3.8, 4) is 11.4 Å². The Morgan fingerprint density at radius 1 is 0.579 bits per heavy atom. The Labute approximate surface area is 218 Å². The van der Waals surface area contributed by atoms with E-state index in [1.807, 2.05) is 6.92 Å². The van der Waals surface area contributed by atoms with Crippen molar-refractivity contribution in [1.82, 2.24) is 9.13 Å². The summed E-state index contributed by atoms with van der Waals surface area (Å²) in [5, 5.41) is 7.03. The molecule has 0 radical (unpaired) electrons. The third kappa shape index (κ3) is 2.68. The zero-order valence-corrected chi connectivity index (χ0v) is 21.0. The molecule has 0 saturated heterocycles. The van der Waals surface area contributed by atoms with E-state index < -0.39 is 0 Å². The van der Waals surface area contributed by atoms with E-state index in [2.05, 4.69) is 131 Å². The van der Waals surface area contributed by atoms with Crippen LogP contribution >= 0.6 is 0 Å². The average Bonchev–Trinajstić information content (AvgIpc) is 3.60. The van der Waals surface area contributed by atoms with Crippen LogP contribution in [0, 0.1) is 0 Å². The van der Waals surface area contributed by atoms with E-state index >= 15 is 0 Å². The fourth-order valence-corrected chi connectivity index (χ4v) is 6.26. The van der Waals surface area contributed by atoms with E-state index in [-0.39, 0.29) is 0 Å². The zero-order valence-electron chi connectivity index (χ0n) is 21.0. The van der Waals surface area contributed by atoms with Gasteiger partial charge in [0.1, 0.15) is 5.42 Å².